The molecule has 0 aliphatic rings. The summed E-state index contributed by atoms with van der Waals surface area (Å²) in [7, 11) is 0. The highest BCUT2D eigenvalue weighted by molar-refractivity contribution is 6.15. The molecule has 314 valence electrons. The van der Waals surface area contributed by atoms with Crippen LogP contribution in [0.3, 0.4) is 0 Å². The van der Waals surface area contributed by atoms with Crippen LogP contribution in [0.15, 0.2) is 223 Å². The molecule has 0 aliphatic carbocycles. The Labute approximate surface area is 384 Å². The summed E-state index contributed by atoms with van der Waals surface area (Å²) in [5, 5.41) is 13.4. The first kappa shape index (κ1) is 38.1. The molecule has 0 saturated heterocycles. The van der Waals surface area contributed by atoms with Crippen LogP contribution in [0.2, 0.25) is 0 Å². The van der Waals surface area contributed by atoms with E-state index in [2.05, 4.69) is 129 Å². The highest BCUT2D eigenvalue weighted by Gasteiger charge is 2.23. The monoisotopic (exact) mass is 860 g/mol. The maximum absolute atomic E-state index is 6.67. The molecule has 8 aromatic carbocycles. The molecule has 9 nitrogen and oxygen atoms in total. The highest BCUT2D eigenvalue weighted by Crippen LogP contribution is 2.40. The number of benzene rings is 8. The largest absolute Gasteiger partial charge is 0.416 e. The summed E-state index contributed by atoms with van der Waals surface area (Å²) in [6.07, 6.45) is 0. The first-order valence-electron chi connectivity index (χ1n) is 22.1. The maximum atomic E-state index is 6.67. The minimum Gasteiger partial charge on any atom is -0.416 e. The van der Waals surface area contributed by atoms with Crippen molar-refractivity contribution < 1.29 is 4.42 Å². The van der Waals surface area contributed by atoms with Crippen LogP contribution in [0, 0.1) is 0 Å². The average Bonchev–Trinajstić information content (AvgIpc) is 4.13. The summed E-state index contributed by atoms with van der Waals surface area (Å²) < 4.78 is 10.9. The molecule has 0 bridgehead atoms. The Kier molecular flexibility index (Phi) is 8.95. The highest BCUT2D eigenvalue weighted by atomic mass is 16.4. The van der Waals surface area contributed by atoms with Crippen molar-refractivity contribution in [3.8, 4) is 79.8 Å². The van der Waals surface area contributed by atoms with Gasteiger partial charge in [0, 0.05) is 54.9 Å². The van der Waals surface area contributed by atoms with Crippen LogP contribution in [0.25, 0.3) is 123 Å². The van der Waals surface area contributed by atoms with Gasteiger partial charge in [-0.3, -0.25) is 9.13 Å². The molecule has 0 unspecified atom stereocenters. The summed E-state index contributed by atoms with van der Waals surface area (Å²) in [5.74, 6) is 1.97. The fourth-order valence-electron chi connectivity index (χ4n) is 9.28. The molecule has 13 rings (SSSR count). The second kappa shape index (κ2) is 15.7. The summed E-state index contributed by atoms with van der Waals surface area (Å²) in [6.45, 7) is 0. The molecule has 0 atom stereocenters. The lowest BCUT2D eigenvalue weighted by Gasteiger charge is -2.12. The molecule has 9 heteroatoms. The van der Waals surface area contributed by atoms with E-state index in [-0.39, 0.29) is 0 Å². The first-order chi connectivity index (χ1) is 33.2. The molecule has 5 heterocycles. The topological polar surface area (TPSA) is 100 Å². The van der Waals surface area contributed by atoms with E-state index < -0.39 is 0 Å². The van der Waals surface area contributed by atoms with Crippen molar-refractivity contribution >= 4 is 43.6 Å². The van der Waals surface area contributed by atoms with E-state index in [0.29, 0.717) is 23.7 Å². The molecule has 13 aromatic rings. The molecule has 0 radical (unpaired) electrons. The van der Waals surface area contributed by atoms with Gasteiger partial charge in [0.2, 0.25) is 23.7 Å². The number of aromatic nitrogens is 8. The minimum atomic E-state index is 0.412. The van der Waals surface area contributed by atoms with Gasteiger partial charge in [-0.15, -0.1) is 10.2 Å². The van der Waals surface area contributed by atoms with E-state index in [4.69, 9.17) is 29.5 Å². The predicted molar refractivity (Wildman–Crippen MR) is 267 cm³/mol. The van der Waals surface area contributed by atoms with Crippen LogP contribution >= 0.6 is 0 Å². The molecule has 0 N–H and O–H groups in total. The van der Waals surface area contributed by atoms with E-state index in [1.54, 1.807) is 0 Å². The van der Waals surface area contributed by atoms with Gasteiger partial charge in [0.15, 0.2) is 0 Å². The number of nitrogens with zero attached hydrogens (tertiary/aromatic N) is 8. The van der Waals surface area contributed by atoms with Crippen molar-refractivity contribution in [2.45, 2.75) is 0 Å². The third kappa shape index (κ3) is 6.56. The molecule has 0 amide bonds. The quantitative estimate of drug-likeness (QED) is 0.150. The van der Waals surface area contributed by atoms with Gasteiger partial charge in [-0.2, -0.15) is 0 Å². The summed E-state index contributed by atoms with van der Waals surface area (Å²) >= 11 is 0. The van der Waals surface area contributed by atoms with Gasteiger partial charge in [-0.05, 0) is 54.6 Å². The lowest BCUT2D eigenvalue weighted by molar-refractivity contribution is 0.585. The van der Waals surface area contributed by atoms with Crippen LogP contribution in [0.5, 0.6) is 0 Å². The molecular formula is C58H36N8O. The predicted octanol–water partition coefficient (Wildman–Crippen LogP) is 13.8. The normalized spacial score (nSPS) is 11.6. The second-order valence-electron chi connectivity index (χ2n) is 16.4. The van der Waals surface area contributed by atoms with Gasteiger partial charge in [0.25, 0.3) is 0 Å². The van der Waals surface area contributed by atoms with E-state index in [1.165, 1.54) is 0 Å². The van der Waals surface area contributed by atoms with Crippen molar-refractivity contribution in [2.75, 3.05) is 0 Å². The van der Waals surface area contributed by atoms with Crippen molar-refractivity contribution in [2.24, 2.45) is 0 Å². The fraction of sp³-hybridized carbons (Fsp3) is 0. The first-order valence-corrected chi connectivity index (χ1v) is 22.1. The van der Waals surface area contributed by atoms with E-state index >= 15 is 0 Å². The van der Waals surface area contributed by atoms with Crippen LogP contribution < -0.4 is 0 Å². The lowest BCUT2D eigenvalue weighted by Crippen LogP contribution is -2.04. The number of hydrogen-bond donors (Lipinski definition) is 0. The Morgan fingerprint density at radius 1 is 0.299 bits per heavy atom. The third-order valence-corrected chi connectivity index (χ3v) is 12.4. The van der Waals surface area contributed by atoms with Crippen LogP contribution in [-0.2, 0) is 0 Å². The van der Waals surface area contributed by atoms with Crippen molar-refractivity contribution in [1.29, 1.82) is 0 Å². The Morgan fingerprint density at radius 2 is 0.716 bits per heavy atom. The fourth-order valence-corrected chi connectivity index (χ4v) is 9.28. The molecule has 5 aromatic heterocycles. The number of hydrogen-bond acceptors (Lipinski definition) is 7. The smallest absolute Gasteiger partial charge is 0.248 e. The molecule has 0 aliphatic heterocycles. The lowest BCUT2D eigenvalue weighted by atomic mass is 10.1. The van der Waals surface area contributed by atoms with Crippen LogP contribution in [-0.4, -0.2) is 39.3 Å². The summed E-state index contributed by atoms with van der Waals surface area (Å²) in [6, 6.07) is 74.2. The summed E-state index contributed by atoms with van der Waals surface area (Å²) in [5.41, 5.74) is 12.8. The van der Waals surface area contributed by atoms with E-state index in [9.17, 15) is 0 Å². The second-order valence-corrected chi connectivity index (χ2v) is 16.4. The summed E-state index contributed by atoms with van der Waals surface area (Å²) in [4.78, 5) is 20.8. The van der Waals surface area contributed by atoms with E-state index in [0.717, 1.165) is 99.8 Å². The zero-order valence-electron chi connectivity index (χ0n) is 35.8. The van der Waals surface area contributed by atoms with Crippen LogP contribution in [0.4, 0.5) is 0 Å². The molecule has 0 fully saturated rings. The van der Waals surface area contributed by atoms with Gasteiger partial charge in [-0.25, -0.2) is 19.9 Å². The SMILES string of the molecule is c1ccc(-c2cc(-c3ccccc3)nc(-n3c4ccccc4c4cc(-c5nnc(-c6cccc7c6c6ccccc6n7-c6nc(-c7ccccc7)cc(-c7ccccc7)n6)o5)ccc43)n2)cc1. The number of para-hydroxylation sites is 2. The Hall–Kier alpha value is -9.34. The molecular weight excluding hydrogens is 825 g/mol. The zero-order chi connectivity index (χ0) is 44.3. The van der Waals surface area contributed by atoms with Gasteiger partial charge in [0.1, 0.15) is 0 Å². The molecule has 67 heavy (non-hydrogen) atoms. The average molecular weight is 861 g/mol. The van der Waals surface area contributed by atoms with Crippen molar-refractivity contribution in [1.82, 2.24) is 39.3 Å². The Bertz CT molecular complexity index is 3860. The van der Waals surface area contributed by atoms with E-state index in [1.807, 2.05) is 103 Å². The zero-order valence-corrected chi connectivity index (χ0v) is 35.8. The minimum absolute atomic E-state index is 0.412. The molecule has 0 spiro atoms. The number of fused-ring (bicyclic) bond motifs is 6. The Morgan fingerprint density at radius 3 is 1.25 bits per heavy atom. The van der Waals surface area contributed by atoms with Gasteiger partial charge in [-0.1, -0.05) is 164 Å². The van der Waals surface area contributed by atoms with Gasteiger partial charge < -0.3 is 4.42 Å². The number of rotatable bonds is 8. The standard InChI is InChI=1S/C58H36N8O/c1-5-18-37(19-6-1)46-35-47(38-20-7-2-8-21-38)60-57(59-46)65-50-29-15-13-26-42(50)45-34-41(32-33-52(45)65)55-63-64-56(67-55)44-28-17-31-53-54(44)43-27-14-16-30-51(43)66(53)58-61-48(39-22-9-3-10-23-39)36-49(62-58)40-24-11-4-12-25-40/h1-36H. The van der Waals surface area contributed by atoms with Crippen molar-refractivity contribution in [3.05, 3.63) is 218 Å². The van der Waals surface area contributed by atoms with Gasteiger partial charge in [0.05, 0.1) is 44.8 Å². The van der Waals surface area contributed by atoms with Crippen LogP contribution in [0.1, 0.15) is 0 Å². The third-order valence-electron chi connectivity index (χ3n) is 12.4. The van der Waals surface area contributed by atoms with Crippen molar-refractivity contribution in [3.63, 3.8) is 0 Å². The maximum Gasteiger partial charge on any atom is 0.248 e. The van der Waals surface area contributed by atoms with Gasteiger partial charge >= 0.3 is 0 Å². The Balaban J connectivity index is 0.940. The molecule has 0 saturated carbocycles.